The van der Waals surface area contributed by atoms with Gasteiger partial charge in [0.15, 0.2) is 11.6 Å². The summed E-state index contributed by atoms with van der Waals surface area (Å²) in [6.45, 7) is 0. The first-order valence-electron chi connectivity index (χ1n) is 4.94. The zero-order chi connectivity index (χ0) is 12.4. The fourth-order valence-corrected chi connectivity index (χ4v) is 1.57. The van der Waals surface area contributed by atoms with Gasteiger partial charge in [-0.25, -0.2) is 8.78 Å². The lowest BCUT2D eigenvalue weighted by Gasteiger charge is -2.06. The predicted molar refractivity (Wildman–Crippen MR) is 60.0 cm³/mol. The molecular weight excluding hydrogens is 226 g/mol. The van der Waals surface area contributed by atoms with E-state index in [0.29, 0.717) is 5.56 Å². The summed E-state index contributed by atoms with van der Waals surface area (Å²) in [5.74, 6) is -1.22. The Balaban J connectivity index is 2.50. The highest BCUT2D eigenvalue weighted by molar-refractivity contribution is 5.65. The molecule has 0 radical (unpaired) electrons. The molecule has 17 heavy (non-hydrogen) atoms. The van der Waals surface area contributed by atoms with Gasteiger partial charge in [-0.15, -0.1) is 0 Å². The van der Waals surface area contributed by atoms with Gasteiger partial charge in [0.25, 0.3) is 0 Å². The summed E-state index contributed by atoms with van der Waals surface area (Å²) < 4.78 is 31.8. The van der Waals surface area contributed by atoms with Crippen molar-refractivity contribution in [3.05, 3.63) is 48.0 Å². The van der Waals surface area contributed by atoms with E-state index in [1.165, 1.54) is 31.4 Å². The highest BCUT2D eigenvalue weighted by Gasteiger charge is 2.09. The number of rotatable bonds is 2. The average molecular weight is 236 g/mol. The molecule has 2 rings (SSSR count). The Morgan fingerprint density at radius 3 is 2.35 bits per heavy atom. The van der Waals surface area contributed by atoms with Gasteiger partial charge in [0.2, 0.25) is 0 Å². The summed E-state index contributed by atoms with van der Waals surface area (Å²) in [6.07, 6.45) is 0. The van der Waals surface area contributed by atoms with E-state index >= 15 is 0 Å². The molecule has 0 bridgehead atoms. The number of hydrogen-bond acceptors (Lipinski definition) is 2. The smallest absolute Gasteiger partial charge is 0.165 e. The van der Waals surface area contributed by atoms with Crippen LogP contribution in [0.2, 0.25) is 0 Å². The van der Waals surface area contributed by atoms with Crippen LogP contribution in [-0.4, -0.2) is 12.2 Å². The SMILES string of the molecule is COc1ccc(-c2ccc(O)cc2F)cc1F. The lowest BCUT2D eigenvalue weighted by Crippen LogP contribution is -1.90. The van der Waals surface area contributed by atoms with Crippen LogP contribution in [-0.2, 0) is 0 Å². The van der Waals surface area contributed by atoms with E-state index in [0.717, 1.165) is 6.07 Å². The van der Waals surface area contributed by atoms with E-state index in [-0.39, 0.29) is 17.1 Å². The summed E-state index contributed by atoms with van der Waals surface area (Å²) in [5, 5.41) is 9.09. The highest BCUT2D eigenvalue weighted by atomic mass is 19.1. The first-order chi connectivity index (χ1) is 8.11. The molecule has 0 heterocycles. The maximum Gasteiger partial charge on any atom is 0.165 e. The second-order valence-electron chi connectivity index (χ2n) is 3.51. The third kappa shape index (κ3) is 2.20. The Bertz CT molecular complexity index is 553. The number of phenols is 1. The molecule has 88 valence electrons. The first-order valence-corrected chi connectivity index (χ1v) is 4.94. The number of benzene rings is 2. The van der Waals surface area contributed by atoms with Gasteiger partial charge in [-0.3, -0.25) is 0 Å². The Hall–Kier alpha value is -2.10. The van der Waals surface area contributed by atoms with Crippen LogP contribution < -0.4 is 4.74 Å². The Labute approximate surface area is 97.1 Å². The minimum atomic E-state index is -0.602. The Morgan fingerprint density at radius 1 is 1.00 bits per heavy atom. The molecule has 0 saturated carbocycles. The molecule has 0 saturated heterocycles. The van der Waals surface area contributed by atoms with Gasteiger partial charge < -0.3 is 9.84 Å². The predicted octanol–water partition coefficient (Wildman–Crippen LogP) is 3.35. The molecule has 0 fully saturated rings. The van der Waals surface area contributed by atoms with E-state index in [9.17, 15) is 8.78 Å². The largest absolute Gasteiger partial charge is 0.508 e. The highest BCUT2D eigenvalue weighted by Crippen LogP contribution is 2.29. The average Bonchev–Trinajstić information content (AvgIpc) is 2.29. The van der Waals surface area contributed by atoms with Crippen molar-refractivity contribution in [3.63, 3.8) is 0 Å². The maximum absolute atomic E-state index is 13.5. The number of halogens is 2. The van der Waals surface area contributed by atoms with E-state index in [1.807, 2.05) is 0 Å². The van der Waals surface area contributed by atoms with Gasteiger partial charge >= 0.3 is 0 Å². The fraction of sp³-hybridized carbons (Fsp3) is 0.0769. The molecule has 4 heteroatoms. The van der Waals surface area contributed by atoms with Gasteiger partial charge in [-0.05, 0) is 29.8 Å². The van der Waals surface area contributed by atoms with Crippen LogP contribution in [0.1, 0.15) is 0 Å². The minimum absolute atomic E-state index is 0.105. The van der Waals surface area contributed by atoms with Crippen molar-refractivity contribution in [3.8, 4) is 22.6 Å². The molecule has 1 N–H and O–H groups in total. The van der Waals surface area contributed by atoms with E-state index in [1.54, 1.807) is 6.07 Å². The normalized spacial score (nSPS) is 10.3. The van der Waals surface area contributed by atoms with Crippen molar-refractivity contribution in [1.82, 2.24) is 0 Å². The minimum Gasteiger partial charge on any atom is -0.508 e. The van der Waals surface area contributed by atoms with Crippen LogP contribution in [0.3, 0.4) is 0 Å². The second kappa shape index (κ2) is 4.41. The summed E-state index contributed by atoms with van der Waals surface area (Å²) in [7, 11) is 1.36. The lowest BCUT2D eigenvalue weighted by atomic mass is 10.0. The number of hydrogen-bond donors (Lipinski definition) is 1. The summed E-state index contributed by atoms with van der Waals surface area (Å²) in [5.41, 5.74) is 0.616. The number of aromatic hydroxyl groups is 1. The van der Waals surface area contributed by atoms with Gasteiger partial charge in [-0.1, -0.05) is 6.07 Å². The van der Waals surface area contributed by atoms with Crippen LogP contribution in [0.5, 0.6) is 11.5 Å². The molecule has 0 spiro atoms. The first kappa shape index (κ1) is 11.4. The zero-order valence-electron chi connectivity index (χ0n) is 9.08. The molecule has 0 aliphatic rings. The van der Waals surface area contributed by atoms with Gasteiger partial charge in [-0.2, -0.15) is 0 Å². The summed E-state index contributed by atoms with van der Waals surface area (Å²) in [6, 6.07) is 7.90. The standard InChI is InChI=1S/C13H10F2O2/c1-17-13-5-2-8(6-12(13)15)10-4-3-9(16)7-11(10)14/h2-7,16H,1H3. The van der Waals surface area contributed by atoms with Crippen LogP contribution in [0.15, 0.2) is 36.4 Å². The Kier molecular flexibility index (Phi) is 2.95. The molecule has 0 aromatic heterocycles. The summed E-state index contributed by atoms with van der Waals surface area (Å²) >= 11 is 0. The van der Waals surface area contributed by atoms with E-state index < -0.39 is 11.6 Å². The number of phenolic OH excluding ortho intramolecular Hbond substituents is 1. The third-order valence-electron chi connectivity index (χ3n) is 2.42. The number of ether oxygens (including phenoxy) is 1. The molecule has 0 aliphatic heterocycles. The fourth-order valence-electron chi connectivity index (χ4n) is 1.57. The topological polar surface area (TPSA) is 29.5 Å². The molecule has 0 amide bonds. The van der Waals surface area contributed by atoms with Crippen molar-refractivity contribution in [2.24, 2.45) is 0 Å². The molecule has 0 unspecified atom stereocenters. The van der Waals surface area contributed by atoms with Crippen molar-refractivity contribution in [1.29, 1.82) is 0 Å². The van der Waals surface area contributed by atoms with Crippen molar-refractivity contribution < 1.29 is 18.6 Å². The van der Waals surface area contributed by atoms with Gasteiger partial charge in [0, 0.05) is 11.6 Å². The maximum atomic E-state index is 13.5. The molecule has 2 nitrogen and oxygen atoms in total. The summed E-state index contributed by atoms with van der Waals surface area (Å²) in [4.78, 5) is 0. The quantitative estimate of drug-likeness (QED) is 0.866. The van der Waals surface area contributed by atoms with Crippen LogP contribution in [0, 0.1) is 11.6 Å². The Morgan fingerprint density at radius 2 is 1.76 bits per heavy atom. The molecule has 2 aromatic carbocycles. The number of methoxy groups -OCH3 is 1. The monoisotopic (exact) mass is 236 g/mol. The van der Waals surface area contributed by atoms with Crippen LogP contribution >= 0.6 is 0 Å². The van der Waals surface area contributed by atoms with Gasteiger partial charge in [0.1, 0.15) is 11.6 Å². The molecule has 0 atom stereocenters. The van der Waals surface area contributed by atoms with Gasteiger partial charge in [0.05, 0.1) is 7.11 Å². The molecular formula is C13H10F2O2. The van der Waals surface area contributed by atoms with Crippen LogP contribution in [0.4, 0.5) is 8.78 Å². The third-order valence-corrected chi connectivity index (χ3v) is 2.42. The van der Waals surface area contributed by atoms with E-state index in [2.05, 4.69) is 0 Å². The van der Waals surface area contributed by atoms with Crippen molar-refractivity contribution in [2.75, 3.05) is 7.11 Å². The lowest BCUT2D eigenvalue weighted by molar-refractivity contribution is 0.386. The zero-order valence-corrected chi connectivity index (χ0v) is 9.08. The van der Waals surface area contributed by atoms with Crippen LogP contribution in [0.25, 0.3) is 11.1 Å². The van der Waals surface area contributed by atoms with E-state index in [4.69, 9.17) is 9.84 Å². The van der Waals surface area contributed by atoms with Crippen molar-refractivity contribution in [2.45, 2.75) is 0 Å². The second-order valence-corrected chi connectivity index (χ2v) is 3.51. The molecule has 0 aliphatic carbocycles. The van der Waals surface area contributed by atoms with Crippen molar-refractivity contribution >= 4 is 0 Å². The molecule has 2 aromatic rings.